The van der Waals surface area contributed by atoms with Crippen molar-refractivity contribution in [2.45, 2.75) is 18.2 Å². The fourth-order valence-corrected chi connectivity index (χ4v) is 3.79. The zero-order chi connectivity index (χ0) is 17.5. The molecule has 0 atom stereocenters. The Hall–Kier alpha value is -2.48. The number of amides is 1. The van der Waals surface area contributed by atoms with Gasteiger partial charge in [0.1, 0.15) is 17.3 Å². The van der Waals surface area contributed by atoms with Gasteiger partial charge in [0.05, 0.1) is 4.90 Å². The number of nitrogens with zero attached hydrogens (tertiary/aromatic N) is 1. The first-order chi connectivity index (χ1) is 11.3. The smallest absolute Gasteiger partial charge is 0.262 e. The van der Waals surface area contributed by atoms with E-state index in [0.29, 0.717) is 24.2 Å². The Morgan fingerprint density at radius 2 is 1.83 bits per heavy atom. The van der Waals surface area contributed by atoms with Gasteiger partial charge < -0.3 is 4.90 Å². The highest BCUT2D eigenvalue weighted by Gasteiger charge is 2.25. The first kappa shape index (κ1) is 16.4. The predicted octanol–water partition coefficient (Wildman–Crippen LogP) is 2.67. The maximum Gasteiger partial charge on any atom is 0.262 e. The van der Waals surface area contributed by atoms with Crippen LogP contribution in [0.2, 0.25) is 0 Å². The summed E-state index contributed by atoms with van der Waals surface area (Å²) < 4.78 is 54.0. The van der Waals surface area contributed by atoms with Gasteiger partial charge in [-0.15, -0.1) is 0 Å². The largest absolute Gasteiger partial charge is 0.312 e. The first-order valence-electron chi connectivity index (χ1n) is 7.17. The third-order valence-electron chi connectivity index (χ3n) is 3.84. The van der Waals surface area contributed by atoms with Crippen LogP contribution >= 0.6 is 0 Å². The minimum absolute atomic E-state index is 0.116. The maximum absolute atomic E-state index is 13.6. The van der Waals surface area contributed by atoms with Crippen LogP contribution in [0.15, 0.2) is 41.3 Å². The average molecular weight is 352 g/mol. The van der Waals surface area contributed by atoms with E-state index in [0.717, 1.165) is 18.2 Å². The molecule has 1 N–H and O–H groups in total. The van der Waals surface area contributed by atoms with Gasteiger partial charge in [-0.05, 0) is 42.3 Å². The van der Waals surface area contributed by atoms with Crippen molar-refractivity contribution >= 4 is 27.3 Å². The summed E-state index contributed by atoms with van der Waals surface area (Å²) in [6.07, 6.45) is 0.520. The third kappa shape index (κ3) is 2.84. The topological polar surface area (TPSA) is 66.5 Å². The van der Waals surface area contributed by atoms with E-state index in [4.69, 9.17) is 0 Å². The summed E-state index contributed by atoms with van der Waals surface area (Å²) in [4.78, 5) is 13.0. The third-order valence-corrected chi connectivity index (χ3v) is 5.18. The monoisotopic (exact) mass is 352 g/mol. The summed E-state index contributed by atoms with van der Waals surface area (Å²) in [6.45, 7) is 1.91. The van der Waals surface area contributed by atoms with Gasteiger partial charge in [-0.3, -0.25) is 9.52 Å². The SMILES string of the molecule is CC(=O)N1CCc2cc(S(=O)(=O)Nc3c(F)cccc3F)ccc21. The predicted molar refractivity (Wildman–Crippen MR) is 85.3 cm³/mol. The van der Waals surface area contributed by atoms with Crippen molar-refractivity contribution in [1.29, 1.82) is 0 Å². The zero-order valence-electron chi connectivity index (χ0n) is 12.7. The van der Waals surface area contributed by atoms with Crippen molar-refractivity contribution in [2.24, 2.45) is 0 Å². The fraction of sp³-hybridized carbons (Fsp3) is 0.188. The van der Waals surface area contributed by atoms with E-state index in [1.807, 2.05) is 4.72 Å². The fourth-order valence-electron chi connectivity index (χ4n) is 2.66. The molecule has 0 fully saturated rings. The molecular formula is C16H14F2N2O3S. The van der Waals surface area contributed by atoms with E-state index in [1.165, 1.54) is 25.1 Å². The molecule has 0 saturated carbocycles. The van der Waals surface area contributed by atoms with Crippen LogP contribution < -0.4 is 9.62 Å². The molecule has 5 nitrogen and oxygen atoms in total. The molecule has 1 aliphatic rings. The lowest BCUT2D eigenvalue weighted by Gasteiger charge is -2.15. The van der Waals surface area contributed by atoms with Gasteiger partial charge in [0.25, 0.3) is 10.0 Å². The van der Waals surface area contributed by atoms with Gasteiger partial charge in [0.2, 0.25) is 5.91 Å². The van der Waals surface area contributed by atoms with Crippen molar-refractivity contribution in [3.05, 3.63) is 53.6 Å². The summed E-state index contributed by atoms with van der Waals surface area (Å²) in [5.41, 5.74) is 0.629. The Bertz CT molecular complexity index is 909. The first-order valence-corrected chi connectivity index (χ1v) is 8.66. The lowest BCUT2D eigenvalue weighted by molar-refractivity contribution is -0.116. The highest BCUT2D eigenvalue weighted by Crippen LogP contribution is 2.31. The standard InChI is InChI=1S/C16H14F2N2O3S/c1-10(21)20-8-7-11-9-12(5-6-15(11)20)24(22,23)19-16-13(17)3-2-4-14(16)18/h2-6,9,19H,7-8H2,1H3. The molecule has 0 radical (unpaired) electrons. The van der Waals surface area contributed by atoms with Gasteiger partial charge in [0, 0.05) is 19.2 Å². The molecule has 0 aliphatic carbocycles. The van der Waals surface area contributed by atoms with Gasteiger partial charge >= 0.3 is 0 Å². The number of nitrogens with one attached hydrogen (secondary N) is 1. The van der Waals surface area contributed by atoms with Crippen LogP contribution in [-0.4, -0.2) is 20.9 Å². The molecule has 0 spiro atoms. The summed E-state index contributed by atoms with van der Waals surface area (Å²) in [5.74, 6) is -2.12. The molecule has 8 heteroatoms. The van der Waals surface area contributed by atoms with E-state index in [9.17, 15) is 22.0 Å². The van der Waals surface area contributed by atoms with Crippen molar-refractivity contribution in [2.75, 3.05) is 16.2 Å². The number of carbonyl (C=O) groups is 1. The molecule has 0 unspecified atom stereocenters. The molecule has 1 heterocycles. The Morgan fingerprint density at radius 3 is 2.46 bits per heavy atom. The molecule has 0 aromatic heterocycles. The Labute approximate surface area is 138 Å². The molecule has 1 amide bonds. The summed E-state index contributed by atoms with van der Waals surface area (Å²) in [7, 11) is -4.15. The summed E-state index contributed by atoms with van der Waals surface area (Å²) in [6, 6.07) is 7.33. The number of para-hydroxylation sites is 1. The zero-order valence-corrected chi connectivity index (χ0v) is 13.5. The highest BCUT2D eigenvalue weighted by molar-refractivity contribution is 7.92. The van der Waals surface area contributed by atoms with Crippen molar-refractivity contribution < 1.29 is 22.0 Å². The second-order valence-electron chi connectivity index (χ2n) is 5.41. The van der Waals surface area contributed by atoms with Crippen molar-refractivity contribution in [1.82, 2.24) is 0 Å². The van der Waals surface area contributed by atoms with E-state index in [2.05, 4.69) is 0 Å². The summed E-state index contributed by atoms with van der Waals surface area (Å²) >= 11 is 0. The number of halogens is 2. The second kappa shape index (κ2) is 5.86. The van der Waals surface area contributed by atoms with Gasteiger partial charge in [-0.25, -0.2) is 17.2 Å². The van der Waals surface area contributed by atoms with Crippen LogP contribution in [0, 0.1) is 11.6 Å². The number of hydrogen-bond acceptors (Lipinski definition) is 3. The Balaban J connectivity index is 1.96. The number of rotatable bonds is 3. The quantitative estimate of drug-likeness (QED) is 0.924. The van der Waals surface area contributed by atoms with Gasteiger partial charge in [0.15, 0.2) is 0 Å². The maximum atomic E-state index is 13.6. The molecule has 0 saturated heterocycles. The molecule has 3 rings (SSSR count). The number of hydrogen-bond donors (Lipinski definition) is 1. The van der Waals surface area contributed by atoms with Crippen LogP contribution in [0.3, 0.4) is 0 Å². The number of sulfonamides is 1. The van der Waals surface area contributed by atoms with Crippen molar-refractivity contribution in [3.63, 3.8) is 0 Å². The Kier molecular flexibility index (Phi) is 4.00. The number of fused-ring (bicyclic) bond motifs is 1. The molecule has 2 aromatic carbocycles. The van der Waals surface area contributed by atoms with Crippen LogP contribution in [0.1, 0.15) is 12.5 Å². The van der Waals surface area contributed by atoms with Crippen LogP contribution in [0.5, 0.6) is 0 Å². The van der Waals surface area contributed by atoms with E-state index >= 15 is 0 Å². The van der Waals surface area contributed by atoms with Gasteiger partial charge in [-0.1, -0.05) is 6.07 Å². The van der Waals surface area contributed by atoms with E-state index < -0.39 is 27.3 Å². The minimum atomic E-state index is -4.15. The van der Waals surface area contributed by atoms with Crippen LogP contribution in [0.4, 0.5) is 20.2 Å². The molecule has 0 bridgehead atoms. The lowest BCUT2D eigenvalue weighted by Crippen LogP contribution is -2.25. The molecule has 2 aromatic rings. The molecule has 24 heavy (non-hydrogen) atoms. The lowest BCUT2D eigenvalue weighted by atomic mass is 10.2. The van der Waals surface area contributed by atoms with Gasteiger partial charge in [-0.2, -0.15) is 0 Å². The summed E-state index contributed by atoms with van der Waals surface area (Å²) in [5, 5.41) is 0. The minimum Gasteiger partial charge on any atom is -0.312 e. The number of carbonyl (C=O) groups excluding carboxylic acids is 1. The average Bonchev–Trinajstić information content (AvgIpc) is 2.94. The normalized spacial score (nSPS) is 13.7. The van der Waals surface area contributed by atoms with Crippen LogP contribution in [0.25, 0.3) is 0 Å². The number of anilines is 2. The van der Waals surface area contributed by atoms with Crippen molar-refractivity contribution in [3.8, 4) is 0 Å². The Morgan fingerprint density at radius 1 is 1.17 bits per heavy atom. The molecule has 1 aliphatic heterocycles. The highest BCUT2D eigenvalue weighted by atomic mass is 32.2. The van der Waals surface area contributed by atoms with E-state index in [1.54, 1.807) is 4.90 Å². The van der Waals surface area contributed by atoms with E-state index in [-0.39, 0.29) is 10.8 Å². The second-order valence-corrected chi connectivity index (χ2v) is 7.10. The molecular weight excluding hydrogens is 338 g/mol. The van der Waals surface area contributed by atoms with Crippen LogP contribution in [-0.2, 0) is 21.2 Å². The number of benzene rings is 2. The molecule has 126 valence electrons.